The van der Waals surface area contributed by atoms with E-state index in [0.29, 0.717) is 0 Å². The Morgan fingerprint density at radius 1 is 0.929 bits per heavy atom. The molecule has 1 radical (unpaired) electrons. The van der Waals surface area contributed by atoms with Gasteiger partial charge in [0, 0.05) is 0 Å². The number of unbranched alkanes of at least 4 members (excludes halogenated alkanes) is 6. The summed E-state index contributed by atoms with van der Waals surface area (Å²) < 4.78 is 0. The molecule has 0 aliphatic rings. The topological polar surface area (TPSA) is 0 Å². The average molecular weight is 197 g/mol. The molecule has 0 heteroatoms. The van der Waals surface area contributed by atoms with Crippen LogP contribution in [0.15, 0.2) is 0 Å². The molecule has 0 fully saturated rings. The van der Waals surface area contributed by atoms with Crippen molar-refractivity contribution >= 4 is 0 Å². The molecule has 1 atom stereocenters. The van der Waals surface area contributed by atoms with Crippen LogP contribution in [0.4, 0.5) is 0 Å². The summed E-state index contributed by atoms with van der Waals surface area (Å²) in [5.74, 6) is 0.918. The first kappa shape index (κ1) is 14.0. The SMILES string of the molecule is CC[CH]CC(C)CCCCCCCC. The van der Waals surface area contributed by atoms with Crippen molar-refractivity contribution in [3.63, 3.8) is 0 Å². The number of hydrogen-bond acceptors (Lipinski definition) is 0. The van der Waals surface area contributed by atoms with Crippen LogP contribution < -0.4 is 0 Å². The molecule has 0 heterocycles. The molecule has 0 aromatic carbocycles. The maximum atomic E-state index is 2.42. The maximum Gasteiger partial charge on any atom is -0.0386 e. The maximum absolute atomic E-state index is 2.42. The molecule has 0 saturated carbocycles. The van der Waals surface area contributed by atoms with E-state index in [1.54, 1.807) is 0 Å². The molecule has 0 nitrogen and oxygen atoms in total. The Kier molecular flexibility index (Phi) is 11.1. The highest BCUT2D eigenvalue weighted by Crippen LogP contribution is 2.16. The van der Waals surface area contributed by atoms with Gasteiger partial charge in [-0.3, -0.25) is 0 Å². The van der Waals surface area contributed by atoms with Crippen LogP contribution in [-0.2, 0) is 0 Å². The first-order valence-electron chi connectivity index (χ1n) is 6.62. The van der Waals surface area contributed by atoms with E-state index in [0.717, 1.165) is 5.92 Å². The highest BCUT2D eigenvalue weighted by atomic mass is 14.1. The summed E-state index contributed by atoms with van der Waals surface area (Å²) in [5.41, 5.74) is 0. The van der Waals surface area contributed by atoms with Gasteiger partial charge >= 0.3 is 0 Å². The van der Waals surface area contributed by atoms with Gasteiger partial charge in [-0.05, 0) is 18.8 Å². The minimum absolute atomic E-state index is 0.918. The summed E-state index contributed by atoms with van der Waals surface area (Å²) in [6, 6.07) is 0. The highest BCUT2D eigenvalue weighted by molar-refractivity contribution is 4.66. The van der Waals surface area contributed by atoms with Gasteiger partial charge in [-0.25, -0.2) is 0 Å². The molecule has 0 rings (SSSR count). The van der Waals surface area contributed by atoms with Crippen molar-refractivity contribution in [2.24, 2.45) is 5.92 Å². The molecule has 0 aromatic rings. The second-order valence-corrected chi connectivity index (χ2v) is 4.59. The first-order valence-corrected chi connectivity index (χ1v) is 6.62. The van der Waals surface area contributed by atoms with Gasteiger partial charge in [0.25, 0.3) is 0 Å². The van der Waals surface area contributed by atoms with Crippen LogP contribution in [0.25, 0.3) is 0 Å². The van der Waals surface area contributed by atoms with Gasteiger partial charge in [-0.15, -0.1) is 0 Å². The number of rotatable bonds is 10. The lowest BCUT2D eigenvalue weighted by atomic mass is 9.97. The molecular weight excluding hydrogens is 168 g/mol. The fourth-order valence-corrected chi connectivity index (χ4v) is 1.84. The summed E-state index contributed by atoms with van der Waals surface area (Å²) in [6.07, 6.45) is 15.0. The van der Waals surface area contributed by atoms with Gasteiger partial charge in [-0.1, -0.05) is 72.1 Å². The van der Waals surface area contributed by atoms with Gasteiger partial charge in [0.2, 0.25) is 0 Å². The van der Waals surface area contributed by atoms with Gasteiger partial charge in [-0.2, -0.15) is 0 Å². The molecule has 85 valence electrons. The lowest BCUT2D eigenvalue weighted by molar-refractivity contribution is 0.474. The Morgan fingerprint density at radius 2 is 1.57 bits per heavy atom. The van der Waals surface area contributed by atoms with Crippen molar-refractivity contribution in [1.29, 1.82) is 0 Å². The fraction of sp³-hybridized carbons (Fsp3) is 0.929. The minimum atomic E-state index is 0.918. The van der Waals surface area contributed by atoms with Gasteiger partial charge in [0.15, 0.2) is 0 Å². The molecule has 0 bridgehead atoms. The Balaban J connectivity index is 3.02. The van der Waals surface area contributed by atoms with Crippen molar-refractivity contribution < 1.29 is 0 Å². The molecule has 0 aliphatic carbocycles. The average Bonchev–Trinajstić information content (AvgIpc) is 2.20. The van der Waals surface area contributed by atoms with Crippen LogP contribution in [0.5, 0.6) is 0 Å². The van der Waals surface area contributed by atoms with Gasteiger partial charge < -0.3 is 0 Å². The standard InChI is InChI=1S/C14H29/c1-4-6-8-9-10-11-13-14(3)12-7-5-2/h7,14H,4-6,8-13H2,1-3H3. The zero-order chi connectivity index (χ0) is 10.6. The normalized spacial score (nSPS) is 13.1. The van der Waals surface area contributed by atoms with Gasteiger partial charge in [0.1, 0.15) is 0 Å². The molecule has 0 amide bonds. The summed E-state index contributed by atoms with van der Waals surface area (Å²) in [5, 5.41) is 0. The van der Waals surface area contributed by atoms with Crippen molar-refractivity contribution in [2.75, 3.05) is 0 Å². The Hall–Kier alpha value is 0. The molecule has 0 aliphatic heterocycles. The van der Waals surface area contributed by atoms with Crippen LogP contribution in [0.1, 0.15) is 78.6 Å². The molecule has 0 aromatic heterocycles. The van der Waals surface area contributed by atoms with Crippen molar-refractivity contribution in [1.82, 2.24) is 0 Å². The summed E-state index contributed by atoms with van der Waals surface area (Å²) in [4.78, 5) is 0. The van der Waals surface area contributed by atoms with E-state index in [4.69, 9.17) is 0 Å². The van der Waals surface area contributed by atoms with E-state index >= 15 is 0 Å². The van der Waals surface area contributed by atoms with E-state index in [2.05, 4.69) is 27.2 Å². The van der Waals surface area contributed by atoms with E-state index < -0.39 is 0 Å². The van der Waals surface area contributed by atoms with Crippen molar-refractivity contribution in [3.05, 3.63) is 6.42 Å². The Bertz CT molecular complexity index is 96.2. The highest BCUT2D eigenvalue weighted by Gasteiger charge is 2.00. The predicted molar refractivity (Wildman–Crippen MR) is 66.4 cm³/mol. The second-order valence-electron chi connectivity index (χ2n) is 4.59. The third-order valence-electron chi connectivity index (χ3n) is 2.91. The number of hydrogen-bond donors (Lipinski definition) is 0. The van der Waals surface area contributed by atoms with E-state index in [1.165, 1.54) is 57.8 Å². The van der Waals surface area contributed by atoms with E-state index in [-0.39, 0.29) is 0 Å². The quantitative estimate of drug-likeness (QED) is 0.413. The van der Waals surface area contributed by atoms with E-state index in [9.17, 15) is 0 Å². The zero-order valence-electron chi connectivity index (χ0n) is 10.5. The van der Waals surface area contributed by atoms with Crippen LogP contribution in [0.2, 0.25) is 0 Å². The minimum Gasteiger partial charge on any atom is -0.0654 e. The first-order chi connectivity index (χ1) is 6.81. The van der Waals surface area contributed by atoms with Crippen molar-refractivity contribution in [2.45, 2.75) is 78.6 Å². The summed E-state index contributed by atoms with van der Waals surface area (Å²) in [6.45, 7) is 6.90. The molecule has 0 N–H and O–H groups in total. The summed E-state index contributed by atoms with van der Waals surface area (Å²) in [7, 11) is 0. The second kappa shape index (κ2) is 11.1. The van der Waals surface area contributed by atoms with Crippen LogP contribution in [-0.4, -0.2) is 0 Å². The third-order valence-corrected chi connectivity index (χ3v) is 2.91. The third kappa shape index (κ3) is 10.1. The molecule has 0 spiro atoms. The zero-order valence-corrected chi connectivity index (χ0v) is 10.5. The monoisotopic (exact) mass is 197 g/mol. The molecule has 14 heavy (non-hydrogen) atoms. The van der Waals surface area contributed by atoms with Gasteiger partial charge in [0.05, 0.1) is 0 Å². The predicted octanol–water partition coefficient (Wildman–Crippen LogP) is 5.38. The lowest BCUT2D eigenvalue weighted by Gasteiger charge is -2.09. The van der Waals surface area contributed by atoms with E-state index in [1.807, 2.05) is 0 Å². The van der Waals surface area contributed by atoms with Crippen molar-refractivity contribution in [3.8, 4) is 0 Å². The fourth-order valence-electron chi connectivity index (χ4n) is 1.84. The molecular formula is C14H29. The Morgan fingerprint density at radius 3 is 2.21 bits per heavy atom. The molecule has 1 unspecified atom stereocenters. The Labute approximate surface area is 91.5 Å². The molecule has 0 saturated heterocycles. The smallest absolute Gasteiger partial charge is 0.0386 e. The van der Waals surface area contributed by atoms with Crippen LogP contribution >= 0.6 is 0 Å². The van der Waals surface area contributed by atoms with Crippen LogP contribution in [0.3, 0.4) is 0 Å². The lowest BCUT2D eigenvalue weighted by Crippen LogP contribution is -1.94. The summed E-state index contributed by atoms with van der Waals surface area (Å²) >= 11 is 0. The van der Waals surface area contributed by atoms with Crippen LogP contribution in [0, 0.1) is 12.3 Å². The largest absolute Gasteiger partial charge is 0.0654 e.